The van der Waals surface area contributed by atoms with E-state index in [0.717, 1.165) is 29.7 Å². The zero-order valence-corrected chi connectivity index (χ0v) is 12.2. The second kappa shape index (κ2) is 5.12. The summed E-state index contributed by atoms with van der Waals surface area (Å²) in [7, 11) is 0. The van der Waals surface area contributed by atoms with Crippen LogP contribution in [0.3, 0.4) is 0 Å². The average molecular weight is 258 g/mol. The van der Waals surface area contributed by atoms with Gasteiger partial charge in [0.1, 0.15) is 17.1 Å². The van der Waals surface area contributed by atoms with Gasteiger partial charge in [-0.15, -0.1) is 0 Å². The van der Waals surface area contributed by atoms with Crippen molar-refractivity contribution in [2.75, 3.05) is 0 Å². The van der Waals surface area contributed by atoms with Crippen LogP contribution in [-0.2, 0) is 0 Å². The topological polar surface area (TPSA) is 29.5 Å². The highest BCUT2D eigenvalue weighted by atomic mass is 16.5. The van der Waals surface area contributed by atoms with Gasteiger partial charge in [-0.3, -0.25) is 0 Å². The molecule has 0 aliphatic carbocycles. The number of aromatic hydroxyl groups is 1. The third-order valence-electron chi connectivity index (χ3n) is 3.47. The molecule has 2 nitrogen and oxygen atoms in total. The summed E-state index contributed by atoms with van der Waals surface area (Å²) < 4.78 is 6.09. The van der Waals surface area contributed by atoms with E-state index in [2.05, 4.69) is 39.0 Å². The molecule has 0 amide bonds. The Hall–Kier alpha value is -1.70. The van der Waals surface area contributed by atoms with E-state index in [1.807, 2.05) is 6.92 Å². The first-order chi connectivity index (χ1) is 8.89. The van der Waals surface area contributed by atoms with Gasteiger partial charge < -0.3 is 9.84 Å². The molecule has 0 spiro atoms. The molecule has 0 bridgehead atoms. The molecule has 0 aromatic heterocycles. The summed E-state index contributed by atoms with van der Waals surface area (Å²) in [6.45, 7) is 8.29. The fourth-order valence-electron chi connectivity index (χ4n) is 2.37. The minimum Gasteiger partial charge on any atom is -0.508 e. The SMILES string of the molecule is CC(C)=CCCC1(C)C=Cc2c(C)cc(O)cc2O1. The number of ether oxygens (including phenoxy) is 1. The quantitative estimate of drug-likeness (QED) is 0.802. The second-order valence-electron chi connectivity index (χ2n) is 5.74. The van der Waals surface area contributed by atoms with Crippen LogP contribution >= 0.6 is 0 Å². The molecular weight excluding hydrogens is 236 g/mol. The first-order valence-corrected chi connectivity index (χ1v) is 6.75. The molecule has 1 aliphatic heterocycles. The predicted molar refractivity (Wildman–Crippen MR) is 79.6 cm³/mol. The summed E-state index contributed by atoms with van der Waals surface area (Å²) in [5.74, 6) is 1.04. The largest absolute Gasteiger partial charge is 0.508 e. The smallest absolute Gasteiger partial charge is 0.131 e. The van der Waals surface area contributed by atoms with Gasteiger partial charge in [-0.05, 0) is 58.2 Å². The van der Waals surface area contributed by atoms with Crippen LogP contribution in [0.2, 0.25) is 0 Å². The molecule has 2 rings (SSSR count). The highest BCUT2D eigenvalue weighted by Gasteiger charge is 2.27. The zero-order chi connectivity index (χ0) is 14.0. The number of hydrogen-bond donors (Lipinski definition) is 1. The fraction of sp³-hybridized carbons (Fsp3) is 0.412. The summed E-state index contributed by atoms with van der Waals surface area (Å²) in [6, 6.07) is 3.46. The predicted octanol–water partition coefficient (Wildman–Crippen LogP) is 4.61. The summed E-state index contributed by atoms with van der Waals surface area (Å²) in [6.07, 6.45) is 8.39. The molecule has 2 heteroatoms. The van der Waals surface area contributed by atoms with Crippen LogP contribution < -0.4 is 4.74 Å². The van der Waals surface area contributed by atoms with Gasteiger partial charge in [-0.25, -0.2) is 0 Å². The fourth-order valence-corrected chi connectivity index (χ4v) is 2.37. The molecule has 102 valence electrons. The van der Waals surface area contributed by atoms with Gasteiger partial charge in [0.25, 0.3) is 0 Å². The Kier molecular flexibility index (Phi) is 3.70. The molecule has 19 heavy (non-hydrogen) atoms. The Morgan fingerprint density at radius 1 is 1.37 bits per heavy atom. The molecule has 1 N–H and O–H groups in total. The number of aryl methyl sites for hydroxylation is 1. The van der Waals surface area contributed by atoms with Gasteiger partial charge in [0.2, 0.25) is 0 Å². The lowest BCUT2D eigenvalue weighted by atomic mass is 9.93. The molecule has 1 aromatic rings. The molecule has 1 aliphatic rings. The van der Waals surface area contributed by atoms with Crippen LogP contribution in [-0.4, -0.2) is 10.7 Å². The lowest BCUT2D eigenvalue weighted by Gasteiger charge is -2.32. The Bertz CT molecular complexity index is 536. The molecule has 0 fully saturated rings. The van der Waals surface area contributed by atoms with Gasteiger partial charge in [0.15, 0.2) is 0 Å². The van der Waals surface area contributed by atoms with E-state index < -0.39 is 0 Å². The van der Waals surface area contributed by atoms with E-state index in [-0.39, 0.29) is 11.4 Å². The molecule has 1 heterocycles. The van der Waals surface area contributed by atoms with Crippen LogP contribution in [0.5, 0.6) is 11.5 Å². The van der Waals surface area contributed by atoms with Crippen molar-refractivity contribution in [3.05, 3.63) is 41.0 Å². The minimum absolute atomic E-state index is 0.262. The van der Waals surface area contributed by atoms with Crippen LogP contribution in [0.25, 0.3) is 6.08 Å². The second-order valence-corrected chi connectivity index (χ2v) is 5.74. The molecule has 0 saturated carbocycles. The maximum atomic E-state index is 9.67. The maximum absolute atomic E-state index is 9.67. The monoisotopic (exact) mass is 258 g/mol. The molecular formula is C17H22O2. The summed E-state index contributed by atoms with van der Waals surface area (Å²) in [5.41, 5.74) is 3.14. The maximum Gasteiger partial charge on any atom is 0.131 e. The Balaban J connectivity index is 2.20. The number of allylic oxidation sites excluding steroid dienone is 2. The molecule has 1 unspecified atom stereocenters. The Morgan fingerprint density at radius 2 is 2.11 bits per heavy atom. The zero-order valence-electron chi connectivity index (χ0n) is 12.2. The number of benzene rings is 1. The minimum atomic E-state index is -0.292. The average Bonchev–Trinajstić information content (AvgIpc) is 2.26. The van der Waals surface area contributed by atoms with E-state index in [9.17, 15) is 5.11 Å². The van der Waals surface area contributed by atoms with Crippen molar-refractivity contribution in [3.63, 3.8) is 0 Å². The number of phenolic OH excluding ortho intramolecular Hbond substituents is 1. The van der Waals surface area contributed by atoms with Crippen molar-refractivity contribution in [2.24, 2.45) is 0 Å². The van der Waals surface area contributed by atoms with Crippen LogP contribution in [0, 0.1) is 6.92 Å². The van der Waals surface area contributed by atoms with Crippen LogP contribution in [0.15, 0.2) is 29.9 Å². The van der Waals surface area contributed by atoms with E-state index in [0.29, 0.717) is 0 Å². The van der Waals surface area contributed by atoms with Crippen LogP contribution in [0.1, 0.15) is 44.7 Å². The van der Waals surface area contributed by atoms with Crippen molar-refractivity contribution in [1.29, 1.82) is 0 Å². The lowest BCUT2D eigenvalue weighted by molar-refractivity contribution is 0.128. The van der Waals surface area contributed by atoms with E-state index in [1.165, 1.54) is 5.57 Å². The Labute approximate surface area is 115 Å². The van der Waals surface area contributed by atoms with Gasteiger partial charge in [0, 0.05) is 11.6 Å². The van der Waals surface area contributed by atoms with Crippen molar-refractivity contribution in [3.8, 4) is 11.5 Å². The molecule has 0 saturated heterocycles. The van der Waals surface area contributed by atoms with E-state index in [1.54, 1.807) is 12.1 Å². The number of phenols is 1. The van der Waals surface area contributed by atoms with Gasteiger partial charge in [0.05, 0.1) is 0 Å². The first kappa shape index (κ1) is 13.7. The molecule has 1 aromatic carbocycles. The van der Waals surface area contributed by atoms with Crippen molar-refractivity contribution < 1.29 is 9.84 Å². The lowest BCUT2D eigenvalue weighted by Crippen LogP contribution is -2.31. The number of rotatable bonds is 3. The molecule has 0 radical (unpaired) electrons. The summed E-state index contributed by atoms with van der Waals surface area (Å²) >= 11 is 0. The number of fused-ring (bicyclic) bond motifs is 1. The first-order valence-electron chi connectivity index (χ1n) is 6.75. The summed E-state index contributed by atoms with van der Waals surface area (Å²) in [5, 5.41) is 9.67. The number of hydrogen-bond acceptors (Lipinski definition) is 2. The normalized spacial score (nSPS) is 20.6. The van der Waals surface area contributed by atoms with Gasteiger partial charge in [-0.1, -0.05) is 17.7 Å². The van der Waals surface area contributed by atoms with Crippen molar-refractivity contribution in [1.82, 2.24) is 0 Å². The van der Waals surface area contributed by atoms with Crippen LogP contribution in [0.4, 0.5) is 0 Å². The third-order valence-corrected chi connectivity index (χ3v) is 3.47. The highest BCUT2D eigenvalue weighted by molar-refractivity contribution is 5.65. The van der Waals surface area contributed by atoms with E-state index in [4.69, 9.17) is 4.74 Å². The standard InChI is InChI=1S/C17H22O2/c1-12(2)6-5-8-17(4)9-7-15-13(3)10-14(18)11-16(15)19-17/h6-7,9-11,18H,5,8H2,1-4H3. The summed E-state index contributed by atoms with van der Waals surface area (Å²) in [4.78, 5) is 0. The highest BCUT2D eigenvalue weighted by Crippen LogP contribution is 2.37. The van der Waals surface area contributed by atoms with Crippen molar-refractivity contribution >= 4 is 6.08 Å². The van der Waals surface area contributed by atoms with Gasteiger partial charge >= 0.3 is 0 Å². The molecule has 1 atom stereocenters. The van der Waals surface area contributed by atoms with E-state index >= 15 is 0 Å². The van der Waals surface area contributed by atoms with Crippen molar-refractivity contribution in [2.45, 2.75) is 46.1 Å². The Morgan fingerprint density at radius 3 is 2.79 bits per heavy atom. The van der Waals surface area contributed by atoms with Gasteiger partial charge in [-0.2, -0.15) is 0 Å². The third kappa shape index (κ3) is 3.19.